The molecule has 0 aliphatic rings. The van der Waals surface area contributed by atoms with Crippen molar-refractivity contribution in [3.05, 3.63) is 0 Å². The third-order valence-electron chi connectivity index (χ3n) is 1.21. The van der Waals surface area contributed by atoms with Crippen molar-refractivity contribution in [1.29, 1.82) is 0 Å². The van der Waals surface area contributed by atoms with E-state index in [1.54, 1.807) is 0 Å². The van der Waals surface area contributed by atoms with Crippen LogP contribution in [-0.4, -0.2) is 43.4 Å². The number of ether oxygens (including phenoxy) is 2. The van der Waals surface area contributed by atoms with Gasteiger partial charge in [0.2, 0.25) is 7.37 Å². The fourth-order valence-corrected chi connectivity index (χ4v) is 1.77. The van der Waals surface area contributed by atoms with Gasteiger partial charge in [-0.05, 0) is 0 Å². The van der Waals surface area contributed by atoms with Crippen molar-refractivity contribution < 1.29 is 28.5 Å². The van der Waals surface area contributed by atoms with E-state index >= 15 is 0 Å². The fraction of sp³-hybridized carbons (Fsp3) is 0.667. The van der Waals surface area contributed by atoms with Crippen molar-refractivity contribution in [3.8, 4) is 0 Å². The molecule has 0 rings (SSSR count). The number of methoxy groups -OCH3 is 2. The Bertz CT molecular complexity index is 226. The van der Waals surface area contributed by atoms with Gasteiger partial charge >= 0.3 is 11.9 Å². The molecule has 0 spiro atoms. The van der Waals surface area contributed by atoms with Crippen LogP contribution in [0, 0.1) is 0 Å². The summed E-state index contributed by atoms with van der Waals surface area (Å²) in [5, 5.41) is 0. The highest BCUT2D eigenvalue weighted by Crippen LogP contribution is 2.39. The second-order valence-corrected chi connectivity index (χ2v) is 4.64. The van der Waals surface area contributed by atoms with Gasteiger partial charge in [-0.1, -0.05) is 0 Å². The third-order valence-corrected chi connectivity index (χ3v) is 2.71. The highest BCUT2D eigenvalue weighted by atomic mass is 31.2. The Morgan fingerprint density at radius 1 is 1.15 bits per heavy atom. The van der Waals surface area contributed by atoms with Crippen LogP contribution < -0.4 is 0 Å². The molecule has 0 saturated heterocycles. The minimum Gasteiger partial charge on any atom is -0.469 e. The highest BCUT2D eigenvalue weighted by Gasteiger charge is 2.27. The monoisotopic (exact) mass is 210 g/mol. The van der Waals surface area contributed by atoms with E-state index in [0.717, 1.165) is 14.2 Å². The summed E-state index contributed by atoms with van der Waals surface area (Å²) >= 11 is 0. The van der Waals surface area contributed by atoms with Crippen LogP contribution in [0.4, 0.5) is 0 Å². The second-order valence-electron chi connectivity index (χ2n) is 2.31. The van der Waals surface area contributed by atoms with Gasteiger partial charge in [-0.3, -0.25) is 14.2 Å². The summed E-state index contributed by atoms with van der Waals surface area (Å²) in [6.07, 6.45) is -1.34. The summed E-state index contributed by atoms with van der Waals surface area (Å²) in [7, 11) is -1.59. The molecular formula is C6H11O6P. The number of hydrogen-bond donors (Lipinski definition) is 1. The number of carbonyl (C=O) groups excluding carboxylic acids is 2. The summed E-state index contributed by atoms with van der Waals surface area (Å²) in [5.41, 5.74) is 0. The zero-order valence-corrected chi connectivity index (χ0v) is 8.24. The zero-order chi connectivity index (χ0) is 10.5. The van der Waals surface area contributed by atoms with Crippen LogP contribution in [0.3, 0.4) is 0 Å². The molecule has 7 heteroatoms. The SMILES string of the molecule is COC(=O)CP(=O)(O)CC(=O)OC. The second kappa shape index (κ2) is 4.99. The lowest BCUT2D eigenvalue weighted by Gasteiger charge is -2.07. The topological polar surface area (TPSA) is 89.9 Å². The summed E-state index contributed by atoms with van der Waals surface area (Å²) in [6.45, 7) is 0. The molecule has 1 N–H and O–H groups in total. The van der Waals surface area contributed by atoms with Crippen molar-refractivity contribution in [1.82, 2.24) is 0 Å². The Morgan fingerprint density at radius 3 is 1.69 bits per heavy atom. The number of carbonyl (C=O) groups is 2. The van der Waals surface area contributed by atoms with Crippen molar-refractivity contribution in [3.63, 3.8) is 0 Å². The number of esters is 2. The normalized spacial score (nSPS) is 10.7. The quantitative estimate of drug-likeness (QED) is 0.501. The Labute approximate surface area is 75.3 Å². The maximum atomic E-state index is 11.1. The Balaban J connectivity index is 4.16. The lowest BCUT2D eigenvalue weighted by molar-refractivity contribution is -0.137. The lowest BCUT2D eigenvalue weighted by atomic mass is 10.8. The van der Waals surface area contributed by atoms with Gasteiger partial charge in [-0.15, -0.1) is 0 Å². The molecule has 0 aromatic rings. The van der Waals surface area contributed by atoms with Gasteiger partial charge in [-0.25, -0.2) is 0 Å². The average Bonchev–Trinajstić information content (AvgIpc) is 2.02. The molecule has 13 heavy (non-hydrogen) atoms. The van der Waals surface area contributed by atoms with Crippen molar-refractivity contribution in [2.24, 2.45) is 0 Å². The van der Waals surface area contributed by atoms with E-state index in [-0.39, 0.29) is 0 Å². The van der Waals surface area contributed by atoms with E-state index in [0.29, 0.717) is 0 Å². The van der Waals surface area contributed by atoms with Crippen LogP contribution in [0.5, 0.6) is 0 Å². The van der Waals surface area contributed by atoms with Crippen molar-refractivity contribution >= 4 is 19.3 Å². The van der Waals surface area contributed by atoms with E-state index in [1.165, 1.54) is 0 Å². The van der Waals surface area contributed by atoms with Crippen molar-refractivity contribution in [2.45, 2.75) is 0 Å². The predicted molar refractivity (Wildman–Crippen MR) is 43.6 cm³/mol. The smallest absolute Gasteiger partial charge is 0.315 e. The molecule has 0 amide bonds. The molecule has 0 fully saturated rings. The van der Waals surface area contributed by atoms with Gasteiger partial charge in [-0.2, -0.15) is 0 Å². The molecule has 0 atom stereocenters. The molecule has 0 heterocycles. The van der Waals surface area contributed by atoms with Crippen LogP contribution in [0.2, 0.25) is 0 Å². The minimum absolute atomic E-state index is 0.668. The maximum absolute atomic E-state index is 11.1. The van der Waals surface area contributed by atoms with Crippen molar-refractivity contribution in [2.75, 3.05) is 26.5 Å². The van der Waals surface area contributed by atoms with E-state index < -0.39 is 31.6 Å². The van der Waals surface area contributed by atoms with Gasteiger partial charge in [0.15, 0.2) is 0 Å². The summed E-state index contributed by atoms with van der Waals surface area (Å²) < 4.78 is 19.5. The molecule has 0 aliphatic carbocycles. The van der Waals surface area contributed by atoms with Crippen LogP contribution >= 0.6 is 7.37 Å². The first-order valence-electron chi connectivity index (χ1n) is 3.36. The number of hydrogen-bond acceptors (Lipinski definition) is 5. The fourth-order valence-electron chi connectivity index (χ4n) is 0.588. The molecule has 0 aliphatic heterocycles. The average molecular weight is 210 g/mol. The third kappa shape index (κ3) is 5.38. The first-order chi connectivity index (χ1) is 5.91. The van der Waals surface area contributed by atoms with E-state index in [1.807, 2.05) is 0 Å². The highest BCUT2D eigenvalue weighted by molar-refractivity contribution is 7.59. The molecule has 76 valence electrons. The molecular weight excluding hydrogens is 199 g/mol. The molecule has 0 unspecified atom stereocenters. The molecule has 0 saturated carbocycles. The Kier molecular flexibility index (Phi) is 4.66. The Hall–Kier alpha value is -0.870. The first-order valence-corrected chi connectivity index (χ1v) is 5.39. The standard InChI is InChI=1S/C6H11O6P/c1-11-5(7)3-13(9,10)4-6(8)12-2/h3-4H2,1-2H3,(H,9,10). The molecule has 0 radical (unpaired) electrons. The van der Waals surface area contributed by atoms with E-state index in [4.69, 9.17) is 4.89 Å². The zero-order valence-electron chi connectivity index (χ0n) is 7.35. The summed E-state index contributed by atoms with van der Waals surface area (Å²) in [6, 6.07) is 0. The van der Waals surface area contributed by atoms with Gasteiger partial charge < -0.3 is 14.4 Å². The summed E-state index contributed by atoms with van der Waals surface area (Å²) in [5.74, 6) is -1.65. The van der Waals surface area contributed by atoms with E-state index in [2.05, 4.69) is 9.47 Å². The number of rotatable bonds is 4. The maximum Gasteiger partial charge on any atom is 0.315 e. The van der Waals surface area contributed by atoms with Gasteiger partial charge in [0.1, 0.15) is 12.3 Å². The molecule has 0 aromatic heterocycles. The van der Waals surface area contributed by atoms with Gasteiger partial charge in [0, 0.05) is 0 Å². The summed E-state index contributed by atoms with van der Waals surface area (Å²) in [4.78, 5) is 30.3. The van der Waals surface area contributed by atoms with Crippen LogP contribution in [0.15, 0.2) is 0 Å². The first kappa shape index (κ1) is 12.1. The molecule has 0 bridgehead atoms. The van der Waals surface area contributed by atoms with E-state index in [9.17, 15) is 14.2 Å². The van der Waals surface area contributed by atoms with Gasteiger partial charge in [0.25, 0.3) is 0 Å². The lowest BCUT2D eigenvalue weighted by Crippen LogP contribution is -2.14. The molecule has 0 aromatic carbocycles. The largest absolute Gasteiger partial charge is 0.469 e. The van der Waals surface area contributed by atoms with Crippen LogP contribution in [-0.2, 0) is 23.6 Å². The predicted octanol–water partition coefficient (Wildman–Crippen LogP) is -0.397. The van der Waals surface area contributed by atoms with Gasteiger partial charge in [0.05, 0.1) is 14.2 Å². The Morgan fingerprint density at radius 2 is 1.46 bits per heavy atom. The minimum atomic E-state index is -3.79. The van der Waals surface area contributed by atoms with Crippen LogP contribution in [0.25, 0.3) is 0 Å². The molecule has 6 nitrogen and oxygen atoms in total. The van der Waals surface area contributed by atoms with Crippen LogP contribution in [0.1, 0.15) is 0 Å².